The van der Waals surface area contributed by atoms with E-state index in [-0.39, 0.29) is 17.2 Å². The molecule has 2 aliphatic heterocycles. The fourth-order valence-electron chi connectivity index (χ4n) is 4.94. The van der Waals surface area contributed by atoms with Crippen molar-refractivity contribution in [1.29, 1.82) is 0 Å². The molecule has 0 atom stereocenters. The zero-order chi connectivity index (χ0) is 18.9. The lowest BCUT2D eigenvalue weighted by molar-refractivity contribution is -0.139. The van der Waals surface area contributed by atoms with Gasteiger partial charge in [0.1, 0.15) is 0 Å². The van der Waals surface area contributed by atoms with Crippen LogP contribution in [0.5, 0.6) is 0 Å². The minimum absolute atomic E-state index is 0.0769. The first-order chi connectivity index (χ1) is 13.1. The molecule has 3 aliphatic rings. The number of aromatic nitrogens is 2. The number of ether oxygens (including phenoxy) is 1. The van der Waals surface area contributed by atoms with Gasteiger partial charge in [-0.2, -0.15) is 5.10 Å². The van der Waals surface area contributed by atoms with Gasteiger partial charge in [0.05, 0.1) is 0 Å². The maximum Gasteiger partial charge on any atom is 0.274 e. The van der Waals surface area contributed by atoms with E-state index in [2.05, 4.69) is 10.2 Å². The van der Waals surface area contributed by atoms with Crippen LogP contribution in [0.3, 0.4) is 0 Å². The van der Waals surface area contributed by atoms with Crippen LogP contribution in [0.15, 0.2) is 0 Å². The van der Waals surface area contributed by atoms with Crippen LogP contribution < -0.4 is 0 Å². The van der Waals surface area contributed by atoms with Gasteiger partial charge in [0.15, 0.2) is 5.69 Å². The van der Waals surface area contributed by atoms with Crippen LogP contribution in [-0.4, -0.2) is 71.7 Å². The standard InChI is InChI=1S/C20H30N4O3/c1-27-13-3-10-24-14-20(7-6-17(24)25)8-11-23(12-9-20)19(26)18-15-4-2-5-16(15)21-22-18/h2-14H2,1H3,(H,21,22). The molecular weight excluding hydrogens is 344 g/mol. The summed E-state index contributed by atoms with van der Waals surface area (Å²) in [5, 5.41) is 7.35. The highest BCUT2D eigenvalue weighted by atomic mass is 16.5. The van der Waals surface area contributed by atoms with Crippen LogP contribution in [0.2, 0.25) is 0 Å². The van der Waals surface area contributed by atoms with E-state index < -0.39 is 0 Å². The van der Waals surface area contributed by atoms with E-state index >= 15 is 0 Å². The van der Waals surface area contributed by atoms with Crippen molar-refractivity contribution in [3.63, 3.8) is 0 Å². The first-order valence-electron chi connectivity index (χ1n) is 10.2. The van der Waals surface area contributed by atoms with Crippen molar-refractivity contribution in [1.82, 2.24) is 20.0 Å². The summed E-state index contributed by atoms with van der Waals surface area (Å²) < 4.78 is 5.12. The molecule has 2 fully saturated rings. The zero-order valence-electron chi connectivity index (χ0n) is 16.3. The van der Waals surface area contributed by atoms with Crippen molar-refractivity contribution < 1.29 is 14.3 Å². The number of methoxy groups -OCH3 is 1. The number of aromatic amines is 1. The molecular formula is C20H30N4O3. The van der Waals surface area contributed by atoms with E-state index in [1.165, 1.54) is 0 Å². The Morgan fingerprint density at radius 1 is 1.22 bits per heavy atom. The first-order valence-corrected chi connectivity index (χ1v) is 10.2. The van der Waals surface area contributed by atoms with Gasteiger partial charge in [-0.15, -0.1) is 0 Å². The maximum absolute atomic E-state index is 12.9. The van der Waals surface area contributed by atoms with Crippen LogP contribution in [-0.2, 0) is 22.4 Å². The average Bonchev–Trinajstić information content (AvgIpc) is 3.29. The van der Waals surface area contributed by atoms with Crippen LogP contribution in [0.4, 0.5) is 0 Å². The number of nitrogens with one attached hydrogen (secondary N) is 1. The summed E-state index contributed by atoms with van der Waals surface area (Å²) in [5.74, 6) is 0.343. The third-order valence-corrected chi connectivity index (χ3v) is 6.64. The molecule has 2 saturated heterocycles. The molecule has 1 N–H and O–H groups in total. The maximum atomic E-state index is 12.9. The van der Waals surface area contributed by atoms with E-state index in [0.29, 0.717) is 18.7 Å². The number of amides is 2. The van der Waals surface area contributed by atoms with Gasteiger partial charge in [-0.25, -0.2) is 0 Å². The van der Waals surface area contributed by atoms with E-state index in [1.807, 2.05) is 9.80 Å². The molecule has 1 aromatic rings. The Bertz CT molecular complexity index is 706. The number of hydrogen-bond donors (Lipinski definition) is 1. The van der Waals surface area contributed by atoms with Gasteiger partial charge in [0, 0.05) is 57.6 Å². The van der Waals surface area contributed by atoms with Crippen LogP contribution in [0.1, 0.15) is 60.3 Å². The quantitative estimate of drug-likeness (QED) is 0.797. The van der Waals surface area contributed by atoms with Crippen LogP contribution >= 0.6 is 0 Å². The van der Waals surface area contributed by atoms with Gasteiger partial charge in [0.2, 0.25) is 5.91 Å². The lowest BCUT2D eigenvalue weighted by Gasteiger charge is -2.47. The Kier molecular flexibility index (Phi) is 5.21. The number of piperidine rings is 2. The Morgan fingerprint density at radius 3 is 2.81 bits per heavy atom. The molecule has 0 radical (unpaired) electrons. The van der Waals surface area contributed by atoms with Gasteiger partial charge in [-0.3, -0.25) is 14.7 Å². The second-order valence-corrected chi connectivity index (χ2v) is 8.34. The Balaban J connectivity index is 1.36. The van der Waals surface area contributed by atoms with Crippen molar-refractivity contribution >= 4 is 11.8 Å². The molecule has 2 amide bonds. The second-order valence-electron chi connectivity index (χ2n) is 8.34. The topological polar surface area (TPSA) is 78.5 Å². The minimum atomic E-state index is 0.0769. The number of carbonyl (C=O) groups excluding carboxylic acids is 2. The van der Waals surface area contributed by atoms with Gasteiger partial charge < -0.3 is 14.5 Å². The predicted molar refractivity (Wildman–Crippen MR) is 100 cm³/mol. The number of aryl methyl sites for hydroxylation is 1. The summed E-state index contributed by atoms with van der Waals surface area (Å²) in [6, 6.07) is 0. The number of rotatable bonds is 5. The van der Waals surface area contributed by atoms with E-state index in [9.17, 15) is 9.59 Å². The van der Waals surface area contributed by atoms with Crippen molar-refractivity contribution in [3.05, 3.63) is 17.0 Å². The zero-order valence-corrected chi connectivity index (χ0v) is 16.3. The third kappa shape index (κ3) is 3.61. The molecule has 0 unspecified atom stereocenters. The highest BCUT2D eigenvalue weighted by Crippen LogP contribution is 2.40. The molecule has 27 heavy (non-hydrogen) atoms. The number of hydrogen-bond acceptors (Lipinski definition) is 4. The molecule has 0 saturated carbocycles. The fraction of sp³-hybridized carbons (Fsp3) is 0.750. The van der Waals surface area contributed by atoms with E-state index in [0.717, 1.165) is 82.4 Å². The predicted octanol–water partition coefficient (Wildman–Crippen LogP) is 1.78. The molecule has 7 heteroatoms. The summed E-state index contributed by atoms with van der Waals surface area (Å²) in [7, 11) is 1.70. The Morgan fingerprint density at radius 2 is 2.04 bits per heavy atom. The molecule has 1 aliphatic carbocycles. The number of fused-ring (bicyclic) bond motifs is 1. The molecule has 1 spiro atoms. The smallest absolute Gasteiger partial charge is 0.274 e. The van der Waals surface area contributed by atoms with Crippen molar-refractivity contribution in [2.24, 2.45) is 5.41 Å². The number of nitrogens with zero attached hydrogens (tertiary/aromatic N) is 3. The van der Waals surface area contributed by atoms with Crippen LogP contribution in [0, 0.1) is 5.41 Å². The molecule has 7 nitrogen and oxygen atoms in total. The lowest BCUT2D eigenvalue weighted by Crippen LogP contribution is -2.52. The summed E-state index contributed by atoms with van der Waals surface area (Å²) in [4.78, 5) is 29.2. The number of likely N-dealkylation sites (tertiary alicyclic amines) is 2. The molecule has 0 bridgehead atoms. The highest BCUT2D eigenvalue weighted by molar-refractivity contribution is 5.94. The third-order valence-electron chi connectivity index (χ3n) is 6.64. The Labute approximate surface area is 160 Å². The normalized spacial score (nSPS) is 21.7. The molecule has 1 aromatic heterocycles. The summed E-state index contributed by atoms with van der Waals surface area (Å²) in [5.41, 5.74) is 3.08. The molecule has 0 aromatic carbocycles. The van der Waals surface area contributed by atoms with E-state index in [4.69, 9.17) is 4.74 Å². The second kappa shape index (κ2) is 7.62. The lowest BCUT2D eigenvalue weighted by atomic mass is 9.72. The molecule has 148 valence electrons. The van der Waals surface area contributed by atoms with Crippen molar-refractivity contribution in [2.75, 3.05) is 39.9 Å². The van der Waals surface area contributed by atoms with Gasteiger partial charge in [0.25, 0.3) is 5.91 Å². The SMILES string of the molecule is COCCCN1CC2(CCC1=O)CCN(C(=O)c1n[nH]c3c1CCC3)CC2. The first kappa shape index (κ1) is 18.5. The molecule has 3 heterocycles. The summed E-state index contributed by atoms with van der Waals surface area (Å²) in [6.07, 6.45) is 7.49. The summed E-state index contributed by atoms with van der Waals surface area (Å²) >= 11 is 0. The van der Waals surface area contributed by atoms with E-state index in [1.54, 1.807) is 7.11 Å². The van der Waals surface area contributed by atoms with Gasteiger partial charge >= 0.3 is 0 Å². The van der Waals surface area contributed by atoms with Crippen molar-refractivity contribution in [3.8, 4) is 0 Å². The largest absolute Gasteiger partial charge is 0.385 e. The van der Waals surface area contributed by atoms with Crippen molar-refractivity contribution in [2.45, 2.75) is 51.4 Å². The summed E-state index contributed by atoms with van der Waals surface area (Å²) in [6.45, 7) is 3.82. The highest BCUT2D eigenvalue weighted by Gasteiger charge is 2.42. The number of carbonyl (C=O) groups is 2. The number of H-pyrrole nitrogens is 1. The minimum Gasteiger partial charge on any atom is -0.385 e. The fourth-order valence-corrected chi connectivity index (χ4v) is 4.94. The molecule has 4 rings (SSSR count). The monoisotopic (exact) mass is 374 g/mol. The Hall–Kier alpha value is -1.89. The van der Waals surface area contributed by atoms with Crippen LogP contribution in [0.25, 0.3) is 0 Å². The van der Waals surface area contributed by atoms with Gasteiger partial charge in [-0.1, -0.05) is 0 Å². The van der Waals surface area contributed by atoms with Gasteiger partial charge in [-0.05, 0) is 50.4 Å². The average molecular weight is 374 g/mol.